The second-order valence-corrected chi connectivity index (χ2v) is 1.79. The van der Waals surface area contributed by atoms with Crippen molar-refractivity contribution in [1.29, 1.82) is 0 Å². The van der Waals surface area contributed by atoms with E-state index in [0.717, 1.165) is 0 Å². The number of aliphatic hydroxyl groups excluding tert-OH is 2. The molecule has 0 aliphatic carbocycles. The van der Waals surface area contributed by atoms with Gasteiger partial charge in [-0.2, -0.15) is 0 Å². The fraction of sp³-hybridized carbons (Fsp3) is 0.400. The molecule has 0 saturated heterocycles. The third kappa shape index (κ3) is 0.801. The van der Waals surface area contributed by atoms with Crippen LogP contribution in [0.5, 0.6) is 0 Å². The van der Waals surface area contributed by atoms with Gasteiger partial charge in [0.25, 0.3) is 0 Å². The molecule has 0 unspecified atom stereocenters. The van der Waals surface area contributed by atoms with E-state index in [9.17, 15) is 9.90 Å². The number of carbonyl (C=O) groups excluding carboxylic acids is 1. The summed E-state index contributed by atoms with van der Waals surface area (Å²) in [5, 5.41) is 27.5. The second-order valence-electron chi connectivity index (χ2n) is 1.79. The second kappa shape index (κ2) is 2.18. The van der Waals surface area contributed by atoms with Crippen molar-refractivity contribution in [2.24, 2.45) is 0 Å². The number of hydrogen-bond acceptors (Lipinski definition) is 5. The van der Waals surface area contributed by atoms with Gasteiger partial charge in [-0.15, -0.1) is 0 Å². The highest BCUT2D eigenvalue weighted by Gasteiger charge is 2.27. The first-order chi connectivity index (χ1) is 4.66. The van der Waals surface area contributed by atoms with E-state index in [1.165, 1.54) is 0 Å². The molecule has 0 spiro atoms. The van der Waals surface area contributed by atoms with Gasteiger partial charge in [-0.3, -0.25) is 0 Å². The van der Waals surface area contributed by atoms with Crippen molar-refractivity contribution in [1.82, 2.24) is 0 Å². The average molecular weight is 145 g/mol. The molecule has 56 valence electrons. The van der Waals surface area contributed by atoms with Crippen molar-refractivity contribution < 1.29 is 24.9 Å². The lowest BCUT2D eigenvalue weighted by Crippen LogP contribution is -2.15. The van der Waals surface area contributed by atoms with Gasteiger partial charge in [0.1, 0.15) is 5.76 Å². The maximum absolute atomic E-state index is 10.4. The molecule has 0 amide bonds. The van der Waals surface area contributed by atoms with Crippen LogP contribution in [0.25, 0.3) is 0 Å². The first kappa shape index (κ1) is 6.88. The van der Waals surface area contributed by atoms with Crippen LogP contribution in [0, 0.1) is 0 Å². The standard InChI is InChI=1S/C5H6O5/c6-1-2-3(7)4(8)5(9)10-2/h2,6-8H,1H2/p-1/t2-/m1/s1. The summed E-state index contributed by atoms with van der Waals surface area (Å²) in [6.07, 6.45) is -1.15. The molecule has 0 aromatic heterocycles. The Hall–Kier alpha value is -1.23. The Bertz CT molecular complexity index is 194. The molecule has 0 bridgehead atoms. The molecule has 1 rings (SSSR count). The fourth-order valence-electron chi connectivity index (χ4n) is 0.613. The quantitative estimate of drug-likeness (QED) is 0.418. The minimum Gasteiger partial charge on any atom is -0.865 e. The van der Waals surface area contributed by atoms with Gasteiger partial charge in [-0.25, -0.2) is 4.79 Å². The highest BCUT2D eigenvalue weighted by atomic mass is 16.6. The molecule has 2 N–H and O–H groups in total. The van der Waals surface area contributed by atoms with Crippen LogP contribution < -0.4 is 5.11 Å². The maximum atomic E-state index is 10.4. The van der Waals surface area contributed by atoms with Gasteiger partial charge >= 0.3 is 5.97 Å². The van der Waals surface area contributed by atoms with E-state index in [1.807, 2.05) is 0 Å². The average Bonchev–Trinajstić information content (AvgIpc) is 2.17. The summed E-state index contributed by atoms with van der Waals surface area (Å²) < 4.78 is 4.21. The molecule has 0 radical (unpaired) electrons. The molecule has 5 nitrogen and oxygen atoms in total. The van der Waals surface area contributed by atoms with Crippen LogP contribution in [0.4, 0.5) is 0 Å². The molecule has 0 saturated carbocycles. The molecule has 1 atom stereocenters. The minimum absolute atomic E-state index is 0.566. The number of rotatable bonds is 1. The van der Waals surface area contributed by atoms with Gasteiger partial charge in [-0.1, -0.05) is 0 Å². The number of ether oxygens (including phenoxy) is 1. The van der Waals surface area contributed by atoms with E-state index >= 15 is 0 Å². The summed E-state index contributed by atoms with van der Waals surface area (Å²) in [6.45, 7) is -0.566. The molecule has 1 aliphatic heterocycles. The van der Waals surface area contributed by atoms with Crippen LogP contribution >= 0.6 is 0 Å². The van der Waals surface area contributed by atoms with Crippen LogP contribution in [0.2, 0.25) is 0 Å². The summed E-state index contributed by atoms with van der Waals surface area (Å²) in [5.41, 5.74) is 0. The summed E-state index contributed by atoms with van der Waals surface area (Å²) in [5.74, 6) is -2.90. The number of cyclic esters (lactones) is 1. The zero-order chi connectivity index (χ0) is 7.72. The van der Waals surface area contributed by atoms with Crippen molar-refractivity contribution in [3.05, 3.63) is 11.5 Å². The van der Waals surface area contributed by atoms with Gasteiger partial charge in [0.15, 0.2) is 6.10 Å². The van der Waals surface area contributed by atoms with E-state index in [-0.39, 0.29) is 0 Å². The van der Waals surface area contributed by atoms with E-state index in [2.05, 4.69) is 4.74 Å². The Balaban J connectivity index is 2.83. The van der Waals surface area contributed by atoms with E-state index in [0.29, 0.717) is 0 Å². The third-order valence-corrected chi connectivity index (χ3v) is 1.14. The topological polar surface area (TPSA) is 89.8 Å². The summed E-state index contributed by atoms with van der Waals surface area (Å²) >= 11 is 0. The lowest BCUT2D eigenvalue weighted by molar-refractivity contribution is -0.303. The van der Waals surface area contributed by atoms with Crippen LogP contribution in [-0.4, -0.2) is 28.9 Å². The molecule has 0 fully saturated rings. The van der Waals surface area contributed by atoms with Crippen molar-refractivity contribution >= 4 is 5.97 Å². The Kier molecular flexibility index (Phi) is 1.50. The van der Waals surface area contributed by atoms with Crippen LogP contribution in [0.3, 0.4) is 0 Å². The van der Waals surface area contributed by atoms with E-state index < -0.39 is 30.2 Å². The number of aliphatic hydroxyl groups is 2. The number of carbonyl (C=O) groups is 1. The highest BCUT2D eigenvalue weighted by molar-refractivity contribution is 5.88. The SMILES string of the molecule is O=C1O[C@H](CO)C(O)=C1[O-]. The monoisotopic (exact) mass is 145 g/mol. The van der Waals surface area contributed by atoms with E-state index in [1.54, 1.807) is 0 Å². The molecule has 1 heterocycles. The predicted molar refractivity (Wildman–Crippen MR) is 26.6 cm³/mol. The van der Waals surface area contributed by atoms with Crippen LogP contribution in [0.1, 0.15) is 0 Å². The Morgan fingerprint density at radius 2 is 2.30 bits per heavy atom. The molecular weight excluding hydrogens is 140 g/mol. The fourth-order valence-corrected chi connectivity index (χ4v) is 0.613. The lowest BCUT2D eigenvalue weighted by Gasteiger charge is -2.04. The molecule has 5 heteroatoms. The van der Waals surface area contributed by atoms with Gasteiger partial charge < -0.3 is 20.1 Å². The molecule has 1 aliphatic rings. The number of esters is 1. The Labute approximate surface area is 56.2 Å². The molecular formula is C5H5O5-. The summed E-state index contributed by atoms with van der Waals surface area (Å²) in [7, 11) is 0. The van der Waals surface area contributed by atoms with Crippen molar-refractivity contribution in [2.75, 3.05) is 6.61 Å². The minimum atomic E-state index is -1.15. The van der Waals surface area contributed by atoms with Crippen molar-refractivity contribution in [3.63, 3.8) is 0 Å². The van der Waals surface area contributed by atoms with Gasteiger partial charge in [0.2, 0.25) is 0 Å². The smallest absolute Gasteiger partial charge is 0.327 e. The molecule has 0 aromatic rings. The van der Waals surface area contributed by atoms with Crippen LogP contribution in [0.15, 0.2) is 11.5 Å². The van der Waals surface area contributed by atoms with Crippen LogP contribution in [-0.2, 0) is 9.53 Å². The Morgan fingerprint density at radius 1 is 1.70 bits per heavy atom. The zero-order valence-electron chi connectivity index (χ0n) is 4.90. The van der Waals surface area contributed by atoms with Gasteiger partial charge in [0, 0.05) is 5.76 Å². The first-order valence-electron chi connectivity index (χ1n) is 2.58. The first-order valence-corrected chi connectivity index (χ1v) is 2.58. The van der Waals surface area contributed by atoms with E-state index in [4.69, 9.17) is 10.2 Å². The summed E-state index contributed by atoms with van der Waals surface area (Å²) in [6, 6.07) is 0. The van der Waals surface area contributed by atoms with Crippen molar-refractivity contribution in [3.8, 4) is 0 Å². The van der Waals surface area contributed by atoms with Gasteiger partial charge in [0.05, 0.1) is 6.61 Å². The Morgan fingerprint density at radius 3 is 2.50 bits per heavy atom. The van der Waals surface area contributed by atoms with Crippen molar-refractivity contribution in [2.45, 2.75) is 6.10 Å². The third-order valence-electron chi connectivity index (χ3n) is 1.14. The molecule has 0 aromatic carbocycles. The largest absolute Gasteiger partial charge is 0.865 e. The molecule has 10 heavy (non-hydrogen) atoms. The maximum Gasteiger partial charge on any atom is 0.327 e. The zero-order valence-corrected chi connectivity index (χ0v) is 4.90. The summed E-state index contributed by atoms with van der Waals surface area (Å²) in [4.78, 5) is 10.3. The van der Waals surface area contributed by atoms with Gasteiger partial charge in [-0.05, 0) is 0 Å². The lowest BCUT2D eigenvalue weighted by atomic mass is 10.3. The highest BCUT2D eigenvalue weighted by Crippen LogP contribution is 2.15. The predicted octanol–water partition coefficient (Wildman–Crippen LogP) is -1.97. The normalized spacial score (nSPS) is 25.3. The number of hydrogen-bond donors (Lipinski definition) is 2.